The number of aryl methyl sites for hydroxylation is 1. The van der Waals surface area contributed by atoms with E-state index in [4.69, 9.17) is 9.47 Å². The van der Waals surface area contributed by atoms with E-state index >= 15 is 0 Å². The van der Waals surface area contributed by atoms with Crippen LogP contribution < -0.4 is 10.1 Å². The van der Waals surface area contributed by atoms with Crippen LogP contribution in [0.25, 0.3) is 0 Å². The molecule has 0 unspecified atom stereocenters. The van der Waals surface area contributed by atoms with Gasteiger partial charge in [0.15, 0.2) is 0 Å². The standard InChI is InChI=1S/C11H18BrN3O3/c1-11(2,3)18-10(16)13-5-6-17-9-8(12)7-15(4)14-9/h7H,5-6H2,1-4H3,(H,13,16). The van der Waals surface area contributed by atoms with Gasteiger partial charge in [0.25, 0.3) is 0 Å². The van der Waals surface area contributed by atoms with Crippen LogP contribution in [0.5, 0.6) is 5.88 Å². The summed E-state index contributed by atoms with van der Waals surface area (Å²) in [4.78, 5) is 11.3. The lowest BCUT2D eigenvalue weighted by Crippen LogP contribution is -2.34. The molecular formula is C11H18BrN3O3. The van der Waals surface area contributed by atoms with Crippen molar-refractivity contribution in [1.29, 1.82) is 0 Å². The average molecular weight is 320 g/mol. The number of nitrogens with one attached hydrogen (secondary N) is 1. The topological polar surface area (TPSA) is 65.4 Å². The van der Waals surface area contributed by atoms with Crippen LogP contribution in [0.1, 0.15) is 20.8 Å². The van der Waals surface area contributed by atoms with Crippen molar-refractivity contribution in [3.05, 3.63) is 10.7 Å². The third-order valence-corrected chi connectivity index (χ3v) is 2.31. The van der Waals surface area contributed by atoms with E-state index in [1.807, 2.05) is 20.8 Å². The molecule has 0 aliphatic carbocycles. The van der Waals surface area contributed by atoms with Crippen LogP contribution in [-0.2, 0) is 11.8 Å². The SMILES string of the molecule is Cn1cc(Br)c(OCCNC(=O)OC(C)(C)C)n1. The summed E-state index contributed by atoms with van der Waals surface area (Å²) in [6.45, 7) is 6.13. The number of hydrogen-bond acceptors (Lipinski definition) is 4. The highest BCUT2D eigenvalue weighted by molar-refractivity contribution is 9.10. The number of carbonyl (C=O) groups is 1. The molecular weight excluding hydrogens is 302 g/mol. The van der Waals surface area contributed by atoms with Crippen molar-refractivity contribution in [3.8, 4) is 5.88 Å². The van der Waals surface area contributed by atoms with Gasteiger partial charge < -0.3 is 14.8 Å². The molecule has 7 heteroatoms. The Morgan fingerprint density at radius 1 is 1.56 bits per heavy atom. The first kappa shape index (κ1) is 14.8. The molecule has 1 heterocycles. The molecule has 1 amide bonds. The van der Waals surface area contributed by atoms with E-state index in [0.29, 0.717) is 19.0 Å². The van der Waals surface area contributed by atoms with E-state index in [9.17, 15) is 4.79 Å². The van der Waals surface area contributed by atoms with Crippen molar-refractivity contribution in [2.75, 3.05) is 13.2 Å². The van der Waals surface area contributed by atoms with Gasteiger partial charge in [-0.25, -0.2) is 4.79 Å². The zero-order valence-electron chi connectivity index (χ0n) is 11.0. The smallest absolute Gasteiger partial charge is 0.407 e. The monoisotopic (exact) mass is 319 g/mol. The summed E-state index contributed by atoms with van der Waals surface area (Å²) >= 11 is 3.32. The molecule has 102 valence electrons. The zero-order valence-corrected chi connectivity index (χ0v) is 12.6. The van der Waals surface area contributed by atoms with Gasteiger partial charge in [0.2, 0.25) is 5.88 Å². The molecule has 0 spiro atoms. The maximum absolute atomic E-state index is 11.3. The van der Waals surface area contributed by atoms with E-state index in [-0.39, 0.29) is 0 Å². The predicted octanol–water partition coefficient (Wildman–Crippen LogP) is 2.09. The van der Waals surface area contributed by atoms with Crippen LogP contribution in [-0.4, -0.2) is 34.6 Å². The number of amides is 1. The molecule has 0 saturated heterocycles. The van der Waals surface area contributed by atoms with Crippen LogP contribution >= 0.6 is 15.9 Å². The molecule has 1 N–H and O–H groups in total. The van der Waals surface area contributed by atoms with Crippen molar-refractivity contribution in [2.45, 2.75) is 26.4 Å². The molecule has 18 heavy (non-hydrogen) atoms. The summed E-state index contributed by atoms with van der Waals surface area (Å²) in [5.41, 5.74) is -0.491. The van der Waals surface area contributed by atoms with Gasteiger partial charge in [0, 0.05) is 13.2 Å². The minimum Gasteiger partial charge on any atom is -0.474 e. The van der Waals surface area contributed by atoms with Crippen molar-refractivity contribution < 1.29 is 14.3 Å². The summed E-state index contributed by atoms with van der Waals surface area (Å²) in [5.74, 6) is 0.503. The number of carbonyl (C=O) groups excluding carboxylic acids is 1. The lowest BCUT2D eigenvalue weighted by molar-refractivity contribution is 0.0519. The minimum atomic E-state index is -0.491. The molecule has 0 aliphatic heterocycles. The zero-order chi connectivity index (χ0) is 13.8. The van der Waals surface area contributed by atoms with Gasteiger partial charge in [-0.2, -0.15) is 0 Å². The highest BCUT2D eigenvalue weighted by Gasteiger charge is 2.15. The number of nitrogens with zero attached hydrogens (tertiary/aromatic N) is 2. The van der Waals surface area contributed by atoms with Crippen molar-refractivity contribution in [1.82, 2.24) is 15.1 Å². The summed E-state index contributed by atoms with van der Waals surface area (Å²) < 4.78 is 12.9. The molecule has 0 aliphatic rings. The molecule has 0 radical (unpaired) electrons. The van der Waals surface area contributed by atoms with E-state index in [0.717, 1.165) is 4.47 Å². The summed E-state index contributed by atoms with van der Waals surface area (Å²) in [6.07, 6.45) is 1.34. The molecule has 6 nitrogen and oxygen atoms in total. The maximum atomic E-state index is 11.3. The number of ether oxygens (including phenoxy) is 2. The molecule has 0 atom stereocenters. The Bertz CT molecular complexity index is 412. The summed E-state index contributed by atoms with van der Waals surface area (Å²) in [7, 11) is 1.80. The van der Waals surface area contributed by atoms with Gasteiger partial charge in [-0.15, -0.1) is 5.10 Å². The van der Waals surface area contributed by atoms with Crippen molar-refractivity contribution in [3.63, 3.8) is 0 Å². The first-order valence-corrected chi connectivity index (χ1v) is 6.36. The lowest BCUT2D eigenvalue weighted by atomic mass is 10.2. The van der Waals surface area contributed by atoms with Crippen LogP contribution in [0, 0.1) is 0 Å². The first-order valence-electron chi connectivity index (χ1n) is 5.57. The average Bonchev–Trinajstić information content (AvgIpc) is 2.49. The second-order valence-corrected chi connectivity index (χ2v) is 5.59. The normalized spacial score (nSPS) is 11.2. The van der Waals surface area contributed by atoms with Crippen LogP contribution in [0.2, 0.25) is 0 Å². The molecule has 1 aromatic rings. The predicted molar refractivity (Wildman–Crippen MR) is 70.6 cm³/mol. The van der Waals surface area contributed by atoms with Gasteiger partial charge in [-0.1, -0.05) is 0 Å². The molecule has 0 aromatic carbocycles. The summed E-state index contributed by atoms with van der Waals surface area (Å²) in [6, 6.07) is 0. The Morgan fingerprint density at radius 3 is 2.72 bits per heavy atom. The molecule has 0 fully saturated rings. The molecule has 0 saturated carbocycles. The van der Waals surface area contributed by atoms with E-state index in [1.54, 1.807) is 17.9 Å². The Balaban J connectivity index is 2.23. The van der Waals surface area contributed by atoms with Crippen molar-refractivity contribution in [2.24, 2.45) is 7.05 Å². The van der Waals surface area contributed by atoms with Gasteiger partial charge in [0.05, 0.1) is 11.0 Å². The number of alkyl carbamates (subject to hydrolysis) is 1. The number of halogens is 1. The highest BCUT2D eigenvalue weighted by atomic mass is 79.9. The number of hydrogen-bond donors (Lipinski definition) is 1. The van der Waals surface area contributed by atoms with E-state index in [1.165, 1.54) is 0 Å². The second-order valence-electron chi connectivity index (χ2n) is 4.73. The van der Waals surface area contributed by atoms with Crippen LogP contribution in [0.4, 0.5) is 4.79 Å². The third-order valence-electron chi connectivity index (χ3n) is 1.76. The highest BCUT2D eigenvalue weighted by Crippen LogP contribution is 2.21. The van der Waals surface area contributed by atoms with E-state index < -0.39 is 11.7 Å². The fraction of sp³-hybridized carbons (Fsp3) is 0.636. The maximum Gasteiger partial charge on any atom is 0.407 e. The van der Waals surface area contributed by atoms with Crippen LogP contribution in [0.3, 0.4) is 0 Å². The Hall–Kier alpha value is -1.24. The Labute approximate surface area is 115 Å². The largest absolute Gasteiger partial charge is 0.474 e. The van der Waals surface area contributed by atoms with Gasteiger partial charge in [-0.3, -0.25) is 4.68 Å². The quantitative estimate of drug-likeness (QED) is 0.863. The first-order chi connectivity index (χ1) is 8.28. The molecule has 1 rings (SSSR count). The Kier molecular flexibility index (Phi) is 5.01. The number of aromatic nitrogens is 2. The third kappa shape index (κ3) is 5.39. The van der Waals surface area contributed by atoms with E-state index in [2.05, 4.69) is 26.3 Å². The van der Waals surface area contributed by atoms with Crippen LogP contribution in [0.15, 0.2) is 10.7 Å². The number of rotatable bonds is 4. The fourth-order valence-corrected chi connectivity index (χ4v) is 1.64. The van der Waals surface area contributed by atoms with Gasteiger partial charge >= 0.3 is 6.09 Å². The van der Waals surface area contributed by atoms with Gasteiger partial charge in [0.1, 0.15) is 12.2 Å². The van der Waals surface area contributed by atoms with Gasteiger partial charge in [-0.05, 0) is 36.7 Å². The fourth-order valence-electron chi connectivity index (χ4n) is 1.15. The van der Waals surface area contributed by atoms with Crippen molar-refractivity contribution >= 4 is 22.0 Å². The lowest BCUT2D eigenvalue weighted by Gasteiger charge is -2.19. The summed E-state index contributed by atoms with van der Waals surface area (Å²) in [5, 5.41) is 6.69. The second kappa shape index (κ2) is 6.08. The molecule has 1 aromatic heterocycles. The Morgan fingerprint density at radius 2 is 2.22 bits per heavy atom. The minimum absolute atomic E-state index is 0.328. The molecule has 0 bridgehead atoms.